The molecule has 164 valence electrons. The molecule has 0 spiro atoms. The van der Waals surface area contributed by atoms with Crippen molar-refractivity contribution in [2.45, 2.75) is 11.8 Å². The molecule has 0 saturated carbocycles. The van der Waals surface area contributed by atoms with E-state index in [0.717, 1.165) is 0 Å². The van der Waals surface area contributed by atoms with Crippen LogP contribution in [-0.4, -0.2) is 36.6 Å². The van der Waals surface area contributed by atoms with Crippen LogP contribution < -0.4 is 14.2 Å². The van der Waals surface area contributed by atoms with E-state index in [4.69, 9.17) is 21.1 Å². The van der Waals surface area contributed by atoms with Crippen molar-refractivity contribution in [3.63, 3.8) is 0 Å². The lowest BCUT2D eigenvalue weighted by molar-refractivity contribution is 0.217. The van der Waals surface area contributed by atoms with E-state index >= 15 is 0 Å². The van der Waals surface area contributed by atoms with Crippen LogP contribution in [0.3, 0.4) is 0 Å². The van der Waals surface area contributed by atoms with Crippen molar-refractivity contribution in [1.82, 2.24) is 15.0 Å². The van der Waals surface area contributed by atoms with Crippen molar-refractivity contribution >= 4 is 38.5 Å². The molecule has 0 amide bonds. The predicted molar refractivity (Wildman–Crippen MR) is 122 cm³/mol. The van der Waals surface area contributed by atoms with Gasteiger partial charge in [-0.15, -0.1) is 0 Å². The molecular weight excluding hydrogens is 452 g/mol. The lowest BCUT2D eigenvalue weighted by Crippen LogP contribution is -2.17. The van der Waals surface area contributed by atoms with Gasteiger partial charge in [0.05, 0.1) is 4.90 Å². The van der Waals surface area contributed by atoms with Gasteiger partial charge in [-0.05, 0) is 42.8 Å². The van der Waals surface area contributed by atoms with Gasteiger partial charge in [-0.25, -0.2) is 23.4 Å². The van der Waals surface area contributed by atoms with Gasteiger partial charge in [0.1, 0.15) is 25.3 Å². The highest BCUT2D eigenvalue weighted by Gasteiger charge is 2.22. The summed E-state index contributed by atoms with van der Waals surface area (Å²) in [6.45, 7) is 2.06. The number of benzene rings is 2. The molecule has 2 aromatic carbocycles. The topological polar surface area (TPSA) is 103 Å². The highest BCUT2D eigenvalue weighted by molar-refractivity contribution is 7.92. The number of hydrogen-bond donors (Lipinski definition) is 1. The first-order valence-electron chi connectivity index (χ1n) is 9.63. The maximum absolute atomic E-state index is 13.1. The average Bonchev–Trinajstić information content (AvgIpc) is 2.79. The second-order valence-corrected chi connectivity index (χ2v) is 8.81. The zero-order valence-corrected chi connectivity index (χ0v) is 18.6. The maximum atomic E-state index is 13.1. The Bertz CT molecular complexity index is 1350. The molecule has 0 unspecified atom stereocenters. The first kappa shape index (κ1) is 21.8. The average molecular weight is 471 g/mol. The van der Waals surface area contributed by atoms with Crippen LogP contribution >= 0.6 is 11.6 Å². The van der Waals surface area contributed by atoms with Gasteiger partial charge in [-0.3, -0.25) is 4.72 Å². The minimum atomic E-state index is -3.98. The van der Waals surface area contributed by atoms with E-state index < -0.39 is 10.0 Å². The molecule has 0 saturated heterocycles. The Kier molecular flexibility index (Phi) is 6.38. The Balaban J connectivity index is 1.60. The van der Waals surface area contributed by atoms with E-state index in [1.165, 1.54) is 12.4 Å². The number of ether oxygens (including phenoxy) is 2. The fourth-order valence-electron chi connectivity index (χ4n) is 2.97. The number of nitrogens with zero attached hydrogens (tertiary/aromatic N) is 3. The maximum Gasteiger partial charge on any atom is 0.263 e. The largest absolute Gasteiger partial charge is 0.490 e. The van der Waals surface area contributed by atoms with Crippen LogP contribution in [0.25, 0.3) is 11.0 Å². The fraction of sp³-hybridized carbons (Fsp3) is 0.136. The van der Waals surface area contributed by atoms with Crippen LogP contribution in [0, 0.1) is 6.92 Å². The third-order valence-electron chi connectivity index (χ3n) is 4.55. The lowest BCUT2D eigenvalue weighted by atomic mass is 10.2. The number of fused-ring (bicyclic) bond motifs is 1. The summed E-state index contributed by atoms with van der Waals surface area (Å²) in [4.78, 5) is 12.5. The Morgan fingerprint density at radius 3 is 2.62 bits per heavy atom. The third kappa shape index (κ3) is 4.90. The molecule has 0 aliphatic heterocycles. The van der Waals surface area contributed by atoms with Gasteiger partial charge in [-0.1, -0.05) is 35.9 Å². The molecule has 0 aliphatic rings. The molecule has 4 rings (SSSR count). The van der Waals surface area contributed by atoms with Gasteiger partial charge >= 0.3 is 0 Å². The lowest BCUT2D eigenvalue weighted by Gasteiger charge is -2.15. The Morgan fingerprint density at radius 2 is 1.81 bits per heavy atom. The van der Waals surface area contributed by atoms with Crippen LogP contribution in [-0.2, 0) is 10.0 Å². The second kappa shape index (κ2) is 9.37. The molecule has 0 radical (unpaired) electrons. The highest BCUT2D eigenvalue weighted by Crippen LogP contribution is 2.30. The van der Waals surface area contributed by atoms with E-state index in [1.54, 1.807) is 31.3 Å². The highest BCUT2D eigenvalue weighted by atomic mass is 35.5. The molecule has 1 N–H and O–H groups in total. The molecule has 0 bridgehead atoms. The van der Waals surface area contributed by atoms with Crippen molar-refractivity contribution in [3.8, 4) is 11.5 Å². The summed E-state index contributed by atoms with van der Waals surface area (Å²) in [7, 11) is -3.98. The first-order chi connectivity index (χ1) is 15.4. The predicted octanol–water partition coefficient (Wildman–Crippen LogP) is 4.25. The summed E-state index contributed by atoms with van der Waals surface area (Å²) in [5.74, 6) is 0.945. The Hall–Kier alpha value is -3.43. The molecule has 2 aromatic heterocycles. The summed E-state index contributed by atoms with van der Waals surface area (Å²) in [6, 6.07) is 15.6. The summed E-state index contributed by atoms with van der Waals surface area (Å²) in [5.41, 5.74) is 0.761. The number of halogens is 1. The second-order valence-electron chi connectivity index (χ2n) is 6.75. The van der Waals surface area contributed by atoms with Crippen LogP contribution in [0.5, 0.6) is 11.5 Å². The SMILES string of the molecule is Cc1c(Cl)cccc1S(=O)(=O)Nc1nc2ncncc2cc1OCCOc1ccccc1. The van der Waals surface area contributed by atoms with Crippen molar-refractivity contribution in [3.05, 3.63) is 77.7 Å². The molecule has 0 atom stereocenters. The number of rotatable bonds is 8. The zero-order valence-electron chi connectivity index (χ0n) is 17.0. The molecule has 8 nitrogen and oxygen atoms in total. The fourth-order valence-corrected chi connectivity index (χ4v) is 4.48. The Morgan fingerprint density at radius 1 is 1.03 bits per heavy atom. The van der Waals surface area contributed by atoms with E-state index in [1.807, 2.05) is 30.3 Å². The van der Waals surface area contributed by atoms with Gasteiger partial charge in [0.2, 0.25) is 0 Å². The van der Waals surface area contributed by atoms with Crippen LogP contribution in [0.2, 0.25) is 5.02 Å². The van der Waals surface area contributed by atoms with Crippen molar-refractivity contribution in [1.29, 1.82) is 0 Å². The van der Waals surface area contributed by atoms with Crippen molar-refractivity contribution < 1.29 is 17.9 Å². The smallest absolute Gasteiger partial charge is 0.263 e. The number of anilines is 1. The van der Waals surface area contributed by atoms with E-state index in [2.05, 4.69) is 19.7 Å². The van der Waals surface area contributed by atoms with Crippen LogP contribution in [0.4, 0.5) is 5.82 Å². The minimum absolute atomic E-state index is 0.00952. The molecule has 0 fully saturated rings. The number of aromatic nitrogens is 3. The zero-order chi connectivity index (χ0) is 22.6. The van der Waals surface area contributed by atoms with E-state index in [0.29, 0.717) is 27.4 Å². The molecule has 2 heterocycles. The normalized spacial score (nSPS) is 11.3. The number of pyridine rings is 1. The standard InChI is InChI=1S/C22H19ClN4O4S/c1-15-18(23)8-5-9-20(15)32(28,29)27-22-19(12-16-13-24-14-25-21(16)26-22)31-11-10-30-17-6-3-2-4-7-17/h2-9,12-14H,10-11H2,1H3,(H,24,25,26,27). The minimum Gasteiger partial charge on any atom is -0.490 e. The first-order valence-corrected chi connectivity index (χ1v) is 11.5. The summed E-state index contributed by atoms with van der Waals surface area (Å²) in [5, 5.41) is 0.954. The van der Waals surface area contributed by atoms with Crippen LogP contribution in [0.1, 0.15) is 5.56 Å². The monoisotopic (exact) mass is 470 g/mol. The molecular formula is C22H19ClN4O4S. The van der Waals surface area contributed by atoms with Crippen molar-refractivity contribution in [2.24, 2.45) is 0 Å². The molecule has 10 heteroatoms. The van der Waals surface area contributed by atoms with Gasteiger partial charge in [0.25, 0.3) is 10.0 Å². The Labute approximate surface area is 190 Å². The summed E-state index contributed by atoms with van der Waals surface area (Å²) in [6.07, 6.45) is 2.91. The number of hydrogen-bond acceptors (Lipinski definition) is 7. The van der Waals surface area contributed by atoms with E-state index in [-0.39, 0.29) is 29.7 Å². The molecule has 0 aliphatic carbocycles. The number of para-hydroxylation sites is 1. The van der Waals surface area contributed by atoms with Gasteiger partial charge in [0, 0.05) is 16.6 Å². The van der Waals surface area contributed by atoms with Crippen molar-refractivity contribution in [2.75, 3.05) is 17.9 Å². The number of sulfonamides is 1. The van der Waals surface area contributed by atoms with E-state index in [9.17, 15) is 8.42 Å². The summed E-state index contributed by atoms with van der Waals surface area (Å²) < 4.78 is 40.0. The quantitative estimate of drug-likeness (QED) is 0.384. The van der Waals surface area contributed by atoms with Gasteiger partial charge in [-0.2, -0.15) is 0 Å². The van der Waals surface area contributed by atoms with Crippen LogP contribution in [0.15, 0.2) is 72.0 Å². The number of nitrogens with one attached hydrogen (secondary N) is 1. The third-order valence-corrected chi connectivity index (χ3v) is 6.44. The molecule has 32 heavy (non-hydrogen) atoms. The van der Waals surface area contributed by atoms with Gasteiger partial charge < -0.3 is 9.47 Å². The molecule has 4 aromatic rings. The van der Waals surface area contributed by atoms with Gasteiger partial charge in [0.15, 0.2) is 17.2 Å². The summed E-state index contributed by atoms with van der Waals surface area (Å²) >= 11 is 6.10.